The van der Waals surface area contributed by atoms with Gasteiger partial charge in [-0.15, -0.1) is 0 Å². The molecule has 2 atom stereocenters. The molecule has 166 valence electrons. The van der Waals surface area contributed by atoms with Crippen LogP contribution in [0.5, 0.6) is 0 Å². The van der Waals surface area contributed by atoms with Gasteiger partial charge < -0.3 is 14.9 Å². The Labute approximate surface area is 197 Å². The van der Waals surface area contributed by atoms with E-state index in [1.807, 2.05) is 35.2 Å². The zero-order chi connectivity index (χ0) is 22.2. The van der Waals surface area contributed by atoms with Gasteiger partial charge in [-0.3, -0.25) is 9.69 Å². The first-order valence-corrected chi connectivity index (χ1v) is 11.5. The molecule has 2 fully saturated rings. The van der Waals surface area contributed by atoms with Gasteiger partial charge in [0.05, 0.1) is 22.7 Å². The van der Waals surface area contributed by atoms with E-state index in [-0.39, 0.29) is 11.9 Å². The van der Waals surface area contributed by atoms with Gasteiger partial charge >= 0.3 is 0 Å². The van der Waals surface area contributed by atoms with Crippen molar-refractivity contribution < 1.29 is 9.90 Å². The number of pyridine rings is 1. The average Bonchev–Trinajstić information content (AvgIpc) is 3.21. The van der Waals surface area contributed by atoms with Crippen LogP contribution in [0.15, 0.2) is 54.6 Å². The number of amides is 1. The predicted molar refractivity (Wildman–Crippen MR) is 128 cm³/mol. The highest BCUT2D eigenvalue weighted by atomic mass is 35.5. The summed E-state index contributed by atoms with van der Waals surface area (Å²) in [6.45, 7) is 3.94. The minimum Gasteiger partial charge on any atom is -0.390 e. The SMILES string of the molecule is O=C(c1ccc(Cl)cc1)N1CCN([C@H]2CN(c3ccc4cccc(Cl)c4n3)CC2O)CC1. The van der Waals surface area contributed by atoms with Crippen molar-refractivity contribution >= 4 is 45.8 Å². The Morgan fingerprint density at radius 3 is 2.44 bits per heavy atom. The minimum absolute atomic E-state index is 0.00604. The van der Waals surface area contributed by atoms with Crippen molar-refractivity contribution in [2.45, 2.75) is 12.1 Å². The molecular weight excluding hydrogens is 447 g/mol. The molecule has 1 N–H and O–H groups in total. The van der Waals surface area contributed by atoms with Crippen LogP contribution in [-0.4, -0.2) is 77.2 Å². The van der Waals surface area contributed by atoms with Gasteiger partial charge in [0.1, 0.15) is 5.82 Å². The topological polar surface area (TPSA) is 59.9 Å². The molecule has 2 aliphatic heterocycles. The van der Waals surface area contributed by atoms with Gasteiger partial charge in [0.25, 0.3) is 5.91 Å². The van der Waals surface area contributed by atoms with E-state index in [4.69, 9.17) is 28.2 Å². The number of halogens is 2. The number of para-hydroxylation sites is 1. The molecule has 1 amide bonds. The largest absolute Gasteiger partial charge is 0.390 e. The zero-order valence-electron chi connectivity index (χ0n) is 17.5. The van der Waals surface area contributed by atoms with Crippen LogP contribution in [0.1, 0.15) is 10.4 Å². The number of aromatic nitrogens is 1. The Kier molecular flexibility index (Phi) is 5.95. The van der Waals surface area contributed by atoms with Crippen molar-refractivity contribution in [1.29, 1.82) is 0 Å². The number of carbonyl (C=O) groups excluding carboxylic acids is 1. The highest BCUT2D eigenvalue weighted by Crippen LogP contribution is 2.28. The predicted octanol–water partition coefficient (Wildman–Crippen LogP) is 3.55. The molecule has 1 aromatic heterocycles. The number of piperazine rings is 1. The summed E-state index contributed by atoms with van der Waals surface area (Å²) < 4.78 is 0. The van der Waals surface area contributed by atoms with Crippen LogP contribution < -0.4 is 4.90 Å². The van der Waals surface area contributed by atoms with Crippen LogP contribution in [-0.2, 0) is 0 Å². The standard InChI is InChI=1S/C24H24Cl2N4O2/c25-18-7-4-17(5-8-18)24(32)29-12-10-28(11-13-29)20-14-30(15-21(20)31)22-9-6-16-2-1-3-19(26)23(16)27-22/h1-9,20-21,31H,10-15H2/t20-,21?/m0/s1. The molecule has 32 heavy (non-hydrogen) atoms. The van der Waals surface area contributed by atoms with E-state index < -0.39 is 6.10 Å². The lowest BCUT2D eigenvalue weighted by molar-refractivity contribution is 0.0376. The Morgan fingerprint density at radius 1 is 0.938 bits per heavy atom. The van der Waals surface area contributed by atoms with Gasteiger partial charge in [-0.1, -0.05) is 35.3 Å². The van der Waals surface area contributed by atoms with Crippen LogP contribution in [0.2, 0.25) is 10.0 Å². The van der Waals surface area contributed by atoms with Gasteiger partial charge in [0.2, 0.25) is 0 Å². The number of hydrogen-bond donors (Lipinski definition) is 1. The molecule has 2 aromatic carbocycles. The number of benzene rings is 2. The second kappa shape index (κ2) is 8.87. The molecule has 0 saturated carbocycles. The number of β-amino-alcohol motifs (C(OH)–C–C–N with tert-alkyl or cyclic N) is 1. The third-order valence-electron chi connectivity index (χ3n) is 6.40. The van der Waals surface area contributed by atoms with E-state index in [2.05, 4.69) is 9.80 Å². The molecule has 0 spiro atoms. The Balaban J connectivity index is 1.23. The summed E-state index contributed by atoms with van der Waals surface area (Å²) in [6.07, 6.45) is -0.475. The maximum atomic E-state index is 12.8. The quantitative estimate of drug-likeness (QED) is 0.634. The van der Waals surface area contributed by atoms with Crippen LogP contribution in [0, 0.1) is 0 Å². The van der Waals surface area contributed by atoms with Crippen molar-refractivity contribution in [3.05, 3.63) is 70.2 Å². The molecule has 3 heterocycles. The zero-order valence-corrected chi connectivity index (χ0v) is 19.0. The smallest absolute Gasteiger partial charge is 0.253 e. The van der Waals surface area contributed by atoms with Crippen molar-refractivity contribution in [3.8, 4) is 0 Å². The molecule has 0 radical (unpaired) electrons. The van der Waals surface area contributed by atoms with Gasteiger partial charge in [0.15, 0.2) is 0 Å². The van der Waals surface area contributed by atoms with E-state index in [0.29, 0.717) is 41.8 Å². The van der Waals surface area contributed by atoms with Crippen LogP contribution in [0.25, 0.3) is 10.9 Å². The van der Waals surface area contributed by atoms with E-state index in [1.165, 1.54) is 0 Å². The maximum absolute atomic E-state index is 12.8. The van der Waals surface area contributed by atoms with Crippen molar-refractivity contribution in [1.82, 2.24) is 14.8 Å². The van der Waals surface area contributed by atoms with Crippen molar-refractivity contribution in [2.75, 3.05) is 44.2 Å². The summed E-state index contributed by atoms with van der Waals surface area (Å²) in [6, 6.07) is 16.8. The third-order valence-corrected chi connectivity index (χ3v) is 6.96. The number of nitrogens with zero attached hydrogens (tertiary/aromatic N) is 4. The molecule has 2 aliphatic rings. The number of aliphatic hydroxyl groups is 1. The molecule has 8 heteroatoms. The highest BCUT2D eigenvalue weighted by molar-refractivity contribution is 6.35. The van der Waals surface area contributed by atoms with E-state index in [9.17, 15) is 9.90 Å². The molecule has 3 aromatic rings. The highest BCUT2D eigenvalue weighted by Gasteiger charge is 2.38. The lowest BCUT2D eigenvalue weighted by atomic mass is 10.1. The fourth-order valence-electron chi connectivity index (χ4n) is 4.62. The number of aliphatic hydroxyl groups excluding tert-OH is 1. The number of carbonyl (C=O) groups is 1. The van der Waals surface area contributed by atoms with Crippen molar-refractivity contribution in [3.63, 3.8) is 0 Å². The van der Waals surface area contributed by atoms with Gasteiger partial charge in [0, 0.05) is 55.2 Å². The van der Waals surface area contributed by atoms with E-state index in [1.54, 1.807) is 24.3 Å². The monoisotopic (exact) mass is 470 g/mol. The second-order valence-corrected chi connectivity index (χ2v) is 9.20. The summed E-state index contributed by atoms with van der Waals surface area (Å²) in [5.41, 5.74) is 1.43. The van der Waals surface area contributed by atoms with Gasteiger partial charge in [-0.2, -0.15) is 0 Å². The summed E-state index contributed by atoms with van der Waals surface area (Å²) in [5, 5.41) is 13.0. The molecule has 6 nitrogen and oxygen atoms in total. The third kappa shape index (κ3) is 4.16. The van der Waals surface area contributed by atoms with Crippen molar-refractivity contribution in [2.24, 2.45) is 0 Å². The van der Waals surface area contributed by atoms with E-state index >= 15 is 0 Å². The number of anilines is 1. The van der Waals surface area contributed by atoms with E-state index in [0.717, 1.165) is 29.8 Å². The molecule has 1 unspecified atom stereocenters. The van der Waals surface area contributed by atoms with Crippen LogP contribution >= 0.6 is 23.2 Å². The Bertz CT molecular complexity index is 1130. The summed E-state index contributed by atoms with van der Waals surface area (Å²) in [7, 11) is 0. The fraction of sp³-hybridized carbons (Fsp3) is 0.333. The number of hydrogen-bond acceptors (Lipinski definition) is 5. The van der Waals surface area contributed by atoms with Crippen LogP contribution in [0.3, 0.4) is 0 Å². The Hall–Kier alpha value is -2.38. The first-order valence-electron chi connectivity index (χ1n) is 10.8. The molecule has 0 aliphatic carbocycles. The Morgan fingerprint density at radius 2 is 1.69 bits per heavy atom. The summed E-state index contributed by atoms with van der Waals surface area (Å²) >= 11 is 12.3. The van der Waals surface area contributed by atoms with Crippen LogP contribution in [0.4, 0.5) is 5.82 Å². The molecule has 5 rings (SSSR count). The number of fused-ring (bicyclic) bond motifs is 1. The lowest BCUT2D eigenvalue weighted by Crippen LogP contribution is -2.54. The maximum Gasteiger partial charge on any atom is 0.253 e. The summed E-state index contributed by atoms with van der Waals surface area (Å²) in [4.78, 5) is 23.8. The first kappa shape index (κ1) is 21.5. The first-order chi connectivity index (χ1) is 15.5. The minimum atomic E-state index is -0.475. The van der Waals surface area contributed by atoms with Gasteiger partial charge in [-0.25, -0.2) is 4.98 Å². The number of rotatable bonds is 3. The summed E-state index contributed by atoms with van der Waals surface area (Å²) in [5.74, 6) is 0.843. The normalized spacial score (nSPS) is 22.0. The lowest BCUT2D eigenvalue weighted by Gasteiger charge is -2.38. The second-order valence-electron chi connectivity index (χ2n) is 8.36. The molecule has 0 bridgehead atoms. The molecular formula is C24H24Cl2N4O2. The average molecular weight is 471 g/mol. The van der Waals surface area contributed by atoms with Gasteiger partial charge in [-0.05, 0) is 42.5 Å². The molecule has 2 saturated heterocycles. The fourth-order valence-corrected chi connectivity index (χ4v) is 4.97.